The molecule has 4 N–H and O–H groups in total. The number of carbonyl (C=O) groups is 2. The van der Waals surface area contributed by atoms with Crippen molar-refractivity contribution in [3.8, 4) is 0 Å². The van der Waals surface area contributed by atoms with Crippen LogP contribution in [0.15, 0.2) is 24.3 Å². The van der Waals surface area contributed by atoms with E-state index in [0.29, 0.717) is 0 Å². The molecule has 1 aromatic carbocycles. The van der Waals surface area contributed by atoms with Gasteiger partial charge in [-0.2, -0.15) is 0 Å². The molecule has 1 aliphatic rings. The lowest BCUT2D eigenvalue weighted by Gasteiger charge is -2.13. The minimum atomic E-state index is -0.808. The number of rotatable bonds is 5. The number of carboxylic acid groups (broad SMARTS) is 1. The van der Waals surface area contributed by atoms with Crippen LogP contribution in [0.4, 0.5) is 5.69 Å². The van der Waals surface area contributed by atoms with Crippen LogP contribution in [-0.4, -0.2) is 23.0 Å². The summed E-state index contributed by atoms with van der Waals surface area (Å²) in [6.45, 7) is 1.88. The third-order valence-electron chi connectivity index (χ3n) is 4.07. The molecule has 1 fully saturated rings. The zero-order valence-electron chi connectivity index (χ0n) is 12.2. The second kappa shape index (κ2) is 6.72. The Morgan fingerprint density at radius 3 is 2.52 bits per heavy atom. The molecule has 21 heavy (non-hydrogen) atoms. The average Bonchev–Trinajstić information content (AvgIpc) is 2.85. The second-order valence-electron chi connectivity index (χ2n) is 5.88. The van der Waals surface area contributed by atoms with Crippen molar-refractivity contribution in [3.63, 3.8) is 0 Å². The summed E-state index contributed by atoms with van der Waals surface area (Å²) in [5, 5.41) is 11.7. The lowest BCUT2D eigenvalue weighted by Crippen LogP contribution is -2.23. The number of carboxylic acids is 1. The summed E-state index contributed by atoms with van der Waals surface area (Å²) in [6.07, 6.45) is 2.61. The van der Waals surface area contributed by atoms with Gasteiger partial charge in [0.25, 0.3) is 0 Å². The zero-order valence-corrected chi connectivity index (χ0v) is 12.2. The van der Waals surface area contributed by atoms with Gasteiger partial charge in [-0.25, -0.2) is 0 Å². The smallest absolute Gasteiger partial charge is 0.303 e. The SMILES string of the molecule is CC(CC(=O)O)c1ccc(NC(=O)C2CCC(N)C2)cc1. The van der Waals surface area contributed by atoms with Crippen LogP contribution in [0.3, 0.4) is 0 Å². The van der Waals surface area contributed by atoms with E-state index in [4.69, 9.17) is 10.8 Å². The summed E-state index contributed by atoms with van der Waals surface area (Å²) in [4.78, 5) is 22.8. The maximum absolute atomic E-state index is 12.1. The molecule has 0 spiro atoms. The number of nitrogens with two attached hydrogens (primary N) is 1. The molecule has 5 nitrogen and oxygen atoms in total. The van der Waals surface area contributed by atoms with Crippen molar-refractivity contribution in [2.75, 3.05) is 5.32 Å². The normalized spacial score (nSPS) is 22.8. The predicted molar refractivity (Wildman–Crippen MR) is 81.1 cm³/mol. The van der Waals surface area contributed by atoms with Crippen molar-refractivity contribution in [2.45, 2.75) is 44.6 Å². The van der Waals surface area contributed by atoms with Crippen molar-refractivity contribution in [1.82, 2.24) is 0 Å². The Bertz CT molecular complexity index is 513. The van der Waals surface area contributed by atoms with Crippen LogP contribution in [-0.2, 0) is 9.59 Å². The minimum absolute atomic E-state index is 0.00519. The molecule has 114 valence electrons. The molecule has 0 heterocycles. The van der Waals surface area contributed by atoms with E-state index in [-0.39, 0.29) is 30.2 Å². The number of amides is 1. The van der Waals surface area contributed by atoms with Crippen LogP contribution in [0.5, 0.6) is 0 Å². The highest BCUT2D eigenvalue weighted by Gasteiger charge is 2.27. The van der Waals surface area contributed by atoms with Gasteiger partial charge in [0.05, 0.1) is 6.42 Å². The lowest BCUT2D eigenvalue weighted by atomic mass is 9.97. The minimum Gasteiger partial charge on any atom is -0.481 e. The van der Waals surface area contributed by atoms with Gasteiger partial charge in [0.2, 0.25) is 5.91 Å². The fraction of sp³-hybridized carbons (Fsp3) is 0.500. The Kier molecular flexibility index (Phi) is 4.96. The van der Waals surface area contributed by atoms with Gasteiger partial charge in [0.1, 0.15) is 0 Å². The Balaban J connectivity index is 1.93. The number of hydrogen-bond donors (Lipinski definition) is 3. The maximum atomic E-state index is 12.1. The van der Waals surface area contributed by atoms with E-state index in [1.165, 1.54) is 0 Å². The third-order valence-corrected chi connectivity index (χ3v) is 4.07. The Labute approximate surface area is 124 Å². The molecule has 3 unspecified atom stereocenters. The highest BCUT2D eigenvalue weighted by molar-refractivity contribution is 5.92. The van der Waals surface area contributed by atoms with E-state index < -0.39 is 5.97 Å². The third kappa shape index (κ3) is 4.29. The summed E-state index contributed by atoms with van der Waals surface area (Å²) in [5.74, 6) is -0.822. The van der Waals surface area contributed by atoms with E-state index in [1.54, 1.807) is 0 Å². The van der Waals surface area contributed by atoms with E-state index in [0.717, 1.165) is 30.5 Å². The van der Waals surface area contributed by atoms with Crippen molar-refractivity contribution in [2.24, 2.45) is 11.7 Å². The largest absolute Gasteiger partial charge is 0.481 e. The van der Waals surface area contributed by atoms with Gasteiger partial charge in [-0.15, -0.1) is 0 Å². The van der Waals surface area contributed by atoms with Crippen molar-refractivity contribution >= 4 is 17.6 Å². The monoisotopic (exact) mass is 290 g/mol. The van der Waals surface area contributed by atoms with Crippen LogP contribution in [0.25, 0.3) is 0 Å². The number of hydrogen-bond acceptors (Lipinski definition) is 3. The molecule has 0 saturated heterocycles. The first kappa shape index (κ1) is 15.5. The second-order valence-corrected chi connectivity index (χ2v) is 5.88. The topological polar surface area (TPSA) is 92.4 Å². The van der Waals surface area contributed by atoms with Crippen molar-refractivity contribution in [3.05, 3.63) is 29.8 Å². The summed E-state index contributed by atoms with van der Waals surface area (Å²) in [6, 6.07) is 7.51. The molecule has 0 aliphatic heterocycles. The van der Waals surface area contributed by atoms with Crippen LogP contribution in [0.1, 0.15) is 44.1 Å². The fourth-order valence-electron chi connectivity index (χ4n) is 2.77. The molecule has 0 bridgehead atoms. The summed E-state index contributed by atoms with van der Waals surface area (Å²) < 4.78 is 0. The van der Waals surface area contributed by atoms with Crippen LogP contribution >= 0.6 is 0 Å². The molecule has 1 amide bonds. The zero-order chi connectivity index (χ0) is 15.4. The predicted octanol–water partition coefficient (Wildman–Crippen LogP) is 2.33. The molecular formula is C16H22N2O3. The Morgan fingerprint density at radius 2 is 2.00 bits per heavy atom. The van der Waals surface area contributed by atoms with Crippen LogP contribution in [0, 0.1) is 5.92 Å². The first-order valence-corrected chi connectivity index (χ1v) is 7.34. The number of aliphatic carboxylic acids is 1. The van der Waals surface area contributed by atoms with E-state index in [1.807, 2.05) is 31.2 Å². The average molecular weight is 290 g/mol. The molecule has 3 atom stereocenters. The molecule has 0 radical (unpaired) electrons. The van der Waals surface area contributed by atoms with Crippen LogP contribution in [0.2, 0.25) is 0 Å². The Morgan fingerprint density at radius 1 is 1.33 bits per heavy atom. The van der Waals surface area contributed by atoms with Crippen molar-refractivity contribution < 1.29 is 14.7 Å². The molecule has 1 saturated carbocycles. The van der Waals surface area contributed by atoms with Gasteiger partial charge in [-0.1, -0.05) is 19.1 Å². The van der Waals surface area contributed by atoms with E-state index >= 15 is 0 Å². The molecule has 1 aromatic rings. The molecule has 1 aliphatic carbocycles. The highest BCUT2D eigenvalue weighted by atomic mass is 16.4. The Hall–Kier alpha value is -1.88. The van der Waals surface area contributed by atoms with E-state index in [2.05, 4.69) is 5.32 Å². The van der Waals surface area contributed by atoms with E-state index in [9.17, 15) is 9.59 Å². The molecule has 2 rings (SSSR count). The molecule has 5 heteroatoms. The van der Waals surface area contributed by atoms with Gasteiger partial charge in [0.15, 0.2) is 0 Å². The summed E-state index contributed by atoms with van der Waals surface area (Å²) >= 11 is 0. The van der Waals surface area contributed by atoms with Gasteiger partial charge >= 0.3 is 5.97 Å². The first-order chi connectivity index (χ1) is 9.95. The fourth-order valence-corrected chi connectivity index (χ4v) is 2.77. The van der Waals surface area contributed by atoms with Crippen LogP contribution < -0.4 is 11.1 Å². The van der Waals surface area contributed by atoms with Gasteiger partial charge in [0, 0.05) is 17.6 Å². The van der Waals surface area contributed by atoms with Gasteiger partial charge in [-0.05, 0) is 42.9 Å². The summed E-state index contributed by atoms with van der Waals surface area (Å²) in [5.41, 5.74) is 7.52. The first-order valence-electron chi connectivity index (χ1n) is 7.34. The molecular weight excluding hydrogens is 268 g/mol. The molecule has 0 aromatic heterocycles. The number of anilines is 1. The van der Waals surface area contributed by atoms with Gasteiger partial charge in [-0.3, -0.25) is 9.59 Å². The maximum Gasteiger partial charge on any atom is 0.303 e. The summed E-state index contributed by atoms with van der Waals surface area (Å²) in [7, 11) is 0. The highest BCUT2D eigenvalue weighted by Crippen LogP contribution is 2.26. The number of carbonyl (C=O) groups excluding carboxylic acids is 1. The standard InChI is InChI=1S/C16H22N2O3/c1-10(8-15(19)20)11-3-6-14(7-4-11)18-16(21)12-2-5-13(17)9-12/h3-4,6-7,10,12-13H,2,5,8-9,17H2,1H3,(H,18,21)(H,19,20). The van der Waals surface area contributed by atoms with Crippen molar-refractivity contribution in [1.29, 1.82) is 0 Å². The van der Waals surface area contributed by atoms with Gasteiger partial charge < -0.3 is 16.2 Å². The lowest BCUT2D eigenvalue weighted by molar-refractivity contribution is -0.137. The number of nitrogens with one attached hydrogen (secondary N) is 1. The number of benzene rings is 1. The quantitative estimate of drug-likeness (QED) is 0.776.